The highest BCUT2D eigenvalue weighted by molar-refractivity contribution is 6.55. The molecule has 1 aliphatic rings. The second-order valence-corrected chi connectivity index (χ2v) is 3.23. The molecule has 0 fully saturated rings. The normalized spacial score (nSPS) is 15.1. The summed E-state index contributed by atoms with van der Waals surface area (Å²) < 4.78 is 0. The van der Waals surface area contributed by atoms with Gasteiger partial charge in [0.05, 0.1) is 16.3 Å². The van der Waals surface area contributed by atoms with Gasteiger partial charge in [0, 0.05) is 7.05 Å². The van der Waals surface area contributed by atoms with Crippen molar-refractivity contribution in [1.29, 1.82) is 0 Å². The average Bonchev–Trinajstić information content (AvgIpc) is 2.33. The van der Waals surface area contributed by atoms with Crippen LogP contribution in [-0.4, -0.2) is 18.7 Å². The van der Waals surface area contributed by atoms with Crippen molar-refractivity contribution in [3.05, 3.63) is 28.8 Å². The van der Waals surface area contributed by atoms with Crippen molar-refractivity contribution in [3.8, 4) is 0 Å². The molecule has 66 valence electrons. The molecule has 0 aliphatic carbocycles. The molecule has 0 atom stereocenters. The fraction of sp³-hybridized carbons (Fsp3) is 0.111. The number of amides is 1. The Morgan fingerprint density at radius 2 is 2.00 bits per heavy atom. The van der Waals surface area contributed by atoms with Crippen LogP contribution in [0.4, 0.5) is 5.69 Å². The van der Waals surface area contributed by atoms with Gasteiger partial charge in [-0.1, -0.05) is 17.7 Å². The molecule has 4 heteroatoms. The number of fused-ring (bicyclic) bond motifs is 1. The molecule has 0 aromatic heterocycles. The minimum Gasteiger partial charge on any atom is -0.308 e. The molecule has 0 spiro atoms. The van der Waals surface area contributed by atoms with E-state index in [-0.39, 0.29) is 0 Å². The van der Waals surface area contributed by atoms with Gasteiger partial charge in [0.2, 0.25) is 0 Å². The SMILES string of the molecule is CN1C(=O)C(=O)c2c(Cl)cccc21. The summed E-state index contributed by atoms with van der Waals surface area (Å²) in [4.78, 5) is 23.9. The van der Waals surface area contributed by atoms with E-state index in [0.717, 1.165) is 0 Å². The first kappa shape index (κ1) is 8.26. The summed E-state index contributed by atoms with van der Waals surface area (Å²) in [6.45, 7) is 0. The molecule has 1 amide bonds. The molecular weight excluding hydrogens is 190 g/mol. The Morgan fingerprint density at radius 1 is 1.31 bits per heavy atom. The first-order chi connectivity index (χ1) is 6.13. The van der Waals surface area contributed by atoms with Crippen LogP contribution in [0.1, 0.15) is 10.4 Å². The summed E-state index contributed by atoms with van der Waals surface area (Å²) >= 11 is 5.80. The van der Waals surface area contributed by atoms with Gasteiger partial charge in [-0.15, -0.1) is 0 Å². The van der Waals surface area contributed by atoms with E-state index in [1.807, 2.05) is 0 Å². The Morgan fingerprint density at radius 3 is 2.62 bits per heavy atom. The lowest BCUT2D eigenvalue weighted by Crippen LogP contribution is -2.24. The molecule has 0 N–H and O–H groups in total. The third-order valence-corrected chi connectivity index (χ3v) is 2.39. The Bertz CT molecular complexity index is 414. The second-order valence-electron chi connectivity index (χ2n) is 2.83. The zero-order valence-electron chi connectivity index (χ0n) is 6.87. The summed E-state index contributed by atoms with van der Waals surface area (Å²) in [6.07, 6.45) is 0. The predicted molar refractivity (Wildman–Crippen MR) is 49.2 cm³/mol. The number of hydrogen-bond acceptors (Lipinski definition) is 2. The highest BCUT2D eigenvalue weighted by atomic mass is 35.5. The van der Waals surface area contributed by atoms with E-state index in [9.17, 15) is 9.59 Å². The van der Waals surface area contributed by atoms with Crippen molar-refractivity contribution in [2.24, 2.45) is 0 Å². The fourth-order valence-electron chi connectivity index (χ4n) is 1.39. The summed E-state index contributed by atoms with van der Waals surface area (Å²) in [7, 11) is 1.56. The van der Waals surface area contributed by atoms with Gasteiger partial charge in [-0.25, -0.2) is 0 Å². The quantitative estimate of drug-likeness (QED) is 0.589. The van der Waals surface area contributed by atoms with Crippen LogP contribution in [0.5, 0.6) is 0 Å². The minimum absolute atomic E-state index is 0.316. The standard InChI is InChI=1S/C9H6ClNO2/c1-11-6-4-2-3-5(10)7(6)8(12)9(11)13/h2-4H,1H3. The summed E-state index contributed by atoms with van der Waals surface area (Å²) in [5.41, 5.74) is 0.902. The number of nitrogens with zero attached hydrogens (tertiary/aromatic N) is 1. The van der Waals surface area contributed by atoms with Gasteiger partial charge < -0.3 is 4.90 Å². The van der Waals surface area contributed by atoms with Crippen LogP contribution in [0.3, 0.4) is 0 Å². The molecule has 1 aromatic rings. The molecule has 0 radical (unpaired) electrons. The van der Waals surface area contributed by atoms with Crippen LogP contribution >= 0.6 is 11.6 Å². The van der Waals surface area contributed by atoms with E-state index in [0.29, 0.717) is 16.3 Å². The van der Waals surface area contributed by atoms with Gasteiger partial charge in [0.25, 0.3) is 11.7 Å². The van der Waals surface area contributed by atoms with E-state index in [1.165, 1.54) is 4.90 Å². The number of rotatable bonds is 0. The molecule has 1 aromatic carbocycles. The van der Waals surface area contributed by atoms with Gasteiger partial charge in [-0.3, -0.25) is 9.59 Å². The third kappa shape index (κ3) is 0.971. The smallest absolute Gasteiger partial charge is 0.299 e. The van der Waals surface area contributed by atoms with Gasteiger partial charge in [-0.2, -0.15) is 0 Å². The topological polar surface area (TPSA) is 37.4 Å². The Hall–Kier alpha value is -1.35. The number of halogens is 1. The van der Waals surface area contributed by atoms with Crippen molar-refractivity contribution in [2.75, 3.05) is 11.9 Å². The van der Waals surface area contributed by atoms with E-state index < -0.39 is 11.7 Å². The lowest BCUT2D eigenvalue weighted by Gasteiger charge is -2.07. The third-order valence-electron chi connectivity index (χ3n) is 2.08. The monoisotopic (exact) mass is 195 g/mol. The number of Topliss-reactive ketones (excluding diaryl/α,β-unsaturated/α-hetero) is 1. The lowest BCUT2D eigenvalue weighted by atomic mass is 10.1. The van der Waals surface area contributed by atoms with Gasteiger partial charge >= 0.3 is 0 Å². The largest absolute Gasteiger partial charge is 0.308 e. The highest BCUT2D eigenvalue weighted by Crippen LogP contribution is 2.32. The van der Waals surface area contributed by atoms with Crippen LogP contribution < -0.4 is 4.90 Å². The van der Waals surface area contributed by atoms with Gasteiger partial charge in [0.1, 0.15) is 0 Å². The zero-order chi connectivity index (χ0) is 9.59. The number of carbonyl (C=O) groups is 2. The van der Waals surface area contributed by atoms with Crippen LogP contribution in [0, 0.1) is 0 Å². The summed E-state index contributed by atoms with van der Waals surface area (Å²) in [5, 5.41) is 0.334. The van der Waals surface area contributed by atoms with Crippen LogP contribution in [0.25, 0.3) is 0 Å². The van der Waals surface area contributed by atoms with Crippen molar-refractivity contribution in [3.63, 3.8) is 0 Å². The maximum Gasteiger partial charge on any atom is 0.299 e. The van der Waals surface area contributed by atoms with Gasteiger partial charge in [0.15, 0.2) is 0 Å². The van der Waals surface area contributed by atoms with E-state index in [4.69, 9.17) is 11.6 Å². The second kappa shape index (κ2) is 2.57. The van der Waals surface area contributed by atoms with Crippen molar-refractivity contribution >= 4 is 29.0 Å². The van der Waals surface area contributed by atoms with Crippen molar-refractivity contribution in [1.82, 2.24) is 0 Å². The minimum atomic E-state index is -0.525. The summed E-state index contributed by atoms with van der Waals surface area (Å²) in [6, 6.07) is 5.01. The molecular formula is C9H6ClNO2. The molecule has 0 unspecified atom stereocenters. The molecule has 0 bridgehead atoms. The maximum absolute atomic E-state index is 11.4. The summed E-state index contributed by atoms with van der Waals surface area (Å²) in [5.74, 6) is -1.05. The lowest BCUT2D eigenvalue weighted by molar-refractivity contribution is -0.114. The number of ketones is 1. The highest BCUT2D eigenvalue weighted by Gasteiger charge is 2.34. The number of hydrogen-bond donors (Lipinski definition) is 0. The molecule has 0 saturated heterocycles. The van der Waals surface area contributed by atoms with Crippen LogP contribution in [-0.2, 0) is 4.79 Å². The maximum atomic E-state index is 11.4. The Kier molecular flexibility index (Phi) is 1.63. The first-order valence-corrected chi connectivity index (χ1v) is 4.11. The average molecular weight is 196 g/mol. The van der Waals surface area contributed by atoms with Crippen molar-refractivity contribution in [2.45, 2.75) is 0 Å². The molecule has 0 saturated carbocycles. The van der Waals surface area contributed by atoms with E-state index in [2.05, 4.69) is 0 Å². The first-order valence-electron chi connectivity index (χ1n) is 3.74. The molecule has 1 heterocycles. The fourth-order valence-corrected chi connectivity index (χ4v) is 1.64. The van der Waals surface area contributed by atoms with Crippen molar-refractivity contribution < 1.29 is 9.59 Å². The number of anilines is 1. The molecule has 1 aliphatic heterocycles. The van der Waals surface area contributed by atoms with E-state index in [1.54, 1.807) is 25.2 Å². The van der Waals surface area contributed by atoms with Crippen LogP contribution in [0.15, 0.2) is 18.2 Å². The Labute approximate surface area is 79.9 Å². The molecule has 2 rings (SSSR count). The Balaban J connectivity index is 2.73. The van der Waals surface area contributed by atoms with E-state index >= 15 is 0 Å². The van der Waals surface area contributed by atoms with Gasteiger partial charge in [-0.05, 0) is 12.1 Å². The predicted octanol–water partition coefficient (Wildman–Crippen LogP) is 1.50. The molecule has 13 heavy (non-hydrogen) atoms. The molecule has 3 nitrogen and oxygen atoms in total. The van der Waals surface area contributed by atoms with Crippen LogP contribution in [0.2, 0.25) is 5.02 Å². The number of likely N-dealkylation sites (N-methyl/N-ethyl adjacent to an activating group) is 1. The number of carbonyl (C=O) groups excluding carboxylic acids is 2. The zero-order valence-corrected chi connectivity index (χ0v) is 7.63. The number of benzene rings is 1.